The molecule has 0 unspecified atom stereocenters. The van der Waals surface area contributed by atoms with Gasteiger partial charge in [0.25, 0.3) is 0 Å². The lowest BCUT2D eigenvalue weighted by molar-refractivity contribution is 0.0703. The zero-order chi connectivity index (χ0) is 19.6. The Labute approximate surface area is 165 Å². The van der Waals surface area contributed by atoms with Crippen LogP contribution in [0.15, 0.2) is 48.7 Å². The number of piperidine rings is 1. The molecular formula is C21H28N4O3. The summed E-state index contributed by atoms with van der Waals surface area (Å²) >= 11 is 0. The Kier molecular flexibility index (Phi) is 7.63. The van der Waals surface area contributed by atoms with Gasteiger partial charge in [-0.2, -0.15) is 0 Å². The number of carbonyl (C=O) groups is 1. The van der Waals surface area contributed by atoms with Crippen LogP contribution in [0.25, 0.3) is 0 Å². The Bertz CT molecular complexity index is 741. The molecule has 1 aliphatic heterocycles. The SMILES string of the molecule is O=C(NCCCN1CCC[C@H](O)C1)Nc1ccccc1OCc1ccccn1. The van der Waals surface area contributed by atoms with E-state index in [0.29, 0.717) is 24.6 Å². The summed E-state index contributed by atoms with van der Waals surface area (Å²) in [6, 6.07) is 12.7. The van der Waals surface area contributed by atoms with E-state index >= 15 is 0 Å². The fourth-order valence-electron chi connectivity index (χ4n) is 3.24. The van der Waals surface area contributed by atoms with Gasteiger partial charge in [0.1, 0.15) is 12.4 Å². The Morgan fingerprint density at radius 1 is 1.25 bits per heavy atom. The molecule has 0 aliphatic carbocycles. The van der Waals surface area contributed by atoms with Crippen LogP contribution in [0.2, 0.25) is 0 Å². The third kappa shape index (κ3) is 6.51. The minimum Gasteiger partial charge on any atom is -0.485 e. The Morgan fingerprint density at radius 2 is 2.11 bits per heavy atom. The fourth-order valence-corrected chi connectivity index (χ4v) is 3.24. The highest BCUT2D eigenvalue weighted by atomic mass is 16.5. The highest BCUT2D eigenvalue weighted by Gasteiger charge is 2.16. The second-order valence-corrected chi connectivity index (χ2v) is 6.94. The van der Waals surface area contributed by atoms with E-state index in [1.54, 1.807) is 6.20 Å². The van der Waals surface area contributed by atoms with Crippen LogP contribution in [0, 0.1) is 0 Å². The maximum Gasteiger partial charge on any atom is 0.319 e. The molecule has 3 N–H and O–H groups in total. The van der Waals surface area contributed by atoms with Gasteiger partial charge in [-0.15, -0.1) is 0 Å². The quantitative estimate of drug-likeness (QED) is 0.609. The summed E-state index contributed by atoms with van der Waals surface area (Å²) in [6.45, 7) is 3.54. The topological polar surface area (TPSA) is 86.7 Å². The molecule has 1 saturated heterocycles. The average molecular weight is 384 g/mol. The van der Waals surface area contributed by atoms with Crippen LogP contribution in [-0.4, -0.2) is 53.3 Å². The van der Waals surface area contributed by atoms with Crippen molar-refractivity contribution in [2.75, 3.05) is 31.5 Å². The lowest BCUT2D eigenvalue weighted by atomic mass is 10.1. The third-order valence-corrected chi connectivity index (χ3v) is 4.65. The van der Waals surface area contributed by atoms with Crippen molar-refractivity contribution >= 4 is 11.7 Å². The number of carbonyl (C=O) groups excluding carboxylic acids is 1. The predicted molar refractivity (Wildman–Crippen MR) is 108 cm³/mol. The monoisotopic (exact) mass is 384 g/mol. The Morgan fingerprint density at radius 3 is 2.93 bits per heavy atom. The smallest absolute Gasteiger partial charge is 0.319 e. The Hall–Kier alpha value is -2.64. The standard InChI is InChI=1S/C21H28N4O3/c26-18-8-5-13-25(15-18)14-6-12-23-21(27)24-19-9-1-2-10-20(19)28-16-17-7-3-4-11-22-17/h1-4,7,9-11,18,26H,5-6,8,12-16H2,(H2,23,24,27)/t18-/m0/s1. The molecule has 7 heteroatoms. The largest absolute Gasteiger partial charge is 0.485 e. The van der Waals surface area contributed by atoms with Gasteiger partial charge in [0.05, 0.1) is 17.5 Å². The van der Waals surface area contributed by atoms with E-state index in [1.165, 1.54) is 0 Å². The van der Waals surface area contributed by atoms with Gasteiger partial charge in [0, 0.05) is 19.3 Å². The van der Waals surface area contributed by atoms with E-state index in [0.717, 1.165) is 44.6 Å². The Balaban J connectivity index is 1.41. The van der Waals surface area contributed by atoms with Crippen LogP contribution in [0.3, 0.4) is 0 Å². The van der Waals surface area contributed by atoms with E-state index < -0.39 is 0 Å². The first-order chi connectivity index (χ1) is 13.7. The molecule has 150 valence electrons. The van der Waals surface area contributed by atoms with Crippen LogP contribution in [0.5, 0.6) is 5.75 Å². The van der Waals surface area contributed by atoms with Crippen molar-refractivity contribution < 1.29 is 14.6 Å². The lowest BCUT2D eigenvalue weighted by Crippen LogP contribution is -2.40. The van der Waals surface area contributed by atoms with Gasteiger partial charge in [-0.3, -0.25) is 4.98 Å². The molecule has 2 heterocycles. The number of nitrogens with one attached hydrogen (secondary N) is 2. The van der Waals surface area contributed by atoms with E-state index in [2.05, 4.69) is 20.5 Å². The van der Waals surface area contributed by atoms with Gasteiger partial charge < -0.3 is 25.4 Å². The molecule has 1 aromatic carbocycles. The van der Waals surface area contributed by atoms with E-state index in [-0.39, 0.29) is 12.1 Å². The highest BCUT2D eigenvalue weighted by molar-refractivity contribution is 5.90. The highest BCUT2D eigenvalue weighted by Crippen LogP contribution is 2.24. The van der Waals surface area contributed by atoms with Crippen molar-refractivity contribution in [2.24, 2.45) is 0 Å². The maximum absolute atomic E-state index is 12.2. The molecule has 28 heavy (non-hydrogen) atoms. The average Bonchev–Trinajstić information content (AvgIpc) is 2.71. The second kappa shape index (κ2) is 10.6. The summed E-state index contributed by atoms with van der Waals surface area (Å²) in [6.07, 6.45) is 4.27. The van der Waals surface area contributed by atoms with Gasteiger partial charge in [0.2, 0.25) is 0 Å². The van der Waals surface area contributed by atoms with Gasteiger partial charge in [0.15, 0.2) is 0 Å². The summed E-state index contributed by atoms with van der Waals surface area (Å²) in [7, 11) is 0. The second-order valence-electron chi connectivity index (χ2n) is 6.94. The summed E-state index contributed by atoms with van der Waals surface area (Å²) in [5.41, 5.74) is 1.44. The first-order valence-electron chi connectivity index (χ1n) is 9.78. The molecule has 0 radical (unpaired) electrons. The third-order valence-electron chi connectivity index (χ3n) is 4.65. The van der Waals surface area contributed by atoms with Crippen LogP contribution >= 0.6 is 0 Å². The number of aliphatic hydroxyl groups is 1. The summed E-state index contributed by atoms with van der Waals surface area (Å²) in [5, 5.41) is 15.4. The molecule has 0 bridgehead atoms. The van der Waals surface area contributed by atoms with E-state index in [9.17, 15) is 9.90 Å². The van der Waals surface area contributed by atoms with Crippen molar-refractivity contribution in [1.29, 1.82) is 0 Å². The van der Waals surface area contributed by atoms with Crippen LogP contribution in [0.4, 0.5) is 10.5 Å². The number of likely N-dealkylation sites (tertiary alicyclic amines) is 1. The normalized spacial score (nSPS) is 17.1. The maximum atomic E-state index is 12.2. The number of aromatic nitrogens is 1. The summed E-state index contributed by atoms with van der Waals surface area (Å²) in [5.74, 6) is 0.602. The van der Waals surface area contributed by atoms with E-state index in [1.807, 2.05) is 42.5 Å². The number of rotatable bonds is 8. The molecule has 1 aromatic heterocycles. The minimum atomic E-state index is -0.257. The number of urea groups is 1. The molecular weight excluding hydrogens is 356 g/mol. The van der Waals surface area contributed by atoms with Crippen molar-refractivity contribution in [3.63, 3.8) is 0 Å². The van der Waals surface area contributed by atoms with Crippen molar-refractivity contribution in [1.82, 2.24) is 15.2 Å². The lowest BCUT2D eigenvalue weighted by Gasteiger charge is -2.29. The number of para-hydroxylation sites is 2. The molecule has 1 atom stereocenters. The van der Waals surface area contributed by atoms with Gasteiger partial charge in [-0.1, -0.05) is 18.2 Å². The molecule has 1 fully saturated rings. The van der Waals surface area contributed by atoms with Crippen molar-refractivity contribution in [2.45, 2.75) is 32.0 Å². The molecule has 2 amide bonds. The molecule has 2 aromatic rings. The predicted octanol–water partition coefficient (Wildman–Crippen LogP) is 2.63. The first kappa shape index (κ1) is 20.1. The number of anilines is 1. The summed E-state index contributed by atoms with van der Waals surface area (Å²) in [4.78, 5) is 18.7. The molecule has 0 spiro atoms. The zero-order valence-corrected chi connectivity index (χ0v) is 16.0. The molecule has 0 saturated carbocycles. The molecule has 3 rings (SSSR count). The van der Waals surface area contributed by atoms with Crippen LogP contribution < -0.4 is 15.4 Å². The molecule has 1 aliphatic rings. The van der Waals surface area contributed by atoms with Gasteiger partial charge in [-0.25, -0.2) is 4.79 Å². The van der Waals surface area contributed by atoms with E-state index in [4.69, 9.17) is 4.74 Å². The van der Waals surface area contributed by atoms with Crippen molar-refractivity contribution in [3.8, 4) is 5.75 Å². The number of nitrogens with zero attached hydrogens (tertiary/aromatic N) is 2. The fraction of sp³-hybridized carbons (Fsp3) is 0.429. The number of benzene rings is 1. The first-order valence-corrected chi connectivity index (χ1v) is 9.78. The van der Waals surface area contributed by atoms with Crippen LogP contribution in [-0.2, 0) is 6.61 Å². The number of hydrogen-bond donors (Lipinski definition) is 3. The number of ether oxygens (including phenoxy) is 1. The number of β-amino-alcohol motifs (C(OH)–C–C–N with tert-alkyl or cyclic N) is 1. The van der Waals surface area contributed by atoms with Crippen molar-refractivity contribution in [3.05, 3.63) is 54.4 Å². The number of amides is 2. The number of hydrogen-bond acceptors (Lipinski definition) is 5. The molecule has 7 nitrogen and oxygen atoms in total. The summed E-state index contributed by atoms with van der Waals surface area (Å²) < 4.78 is 5.80. The van der Waals surface area contributed by atoms with Crippen LogP contribution in [0.1, 0.15) is 25.0 Å². The van der Waals surface area contributed by atoms with Gasteiger partial charge in [-0.05, 0) is 56.6 Å². The zero-order valence-electron chi connectivity index (χ0n) is 16.0. The number of aliphatic hydroxyl groups excluding tert-OH is 1. The number of pyridine rings is 1. The minimum absolute atomic E-state index is 0.215. The van der Waals surface area contributed by atoms with Gasteiger partial charge >= 0.3 is 6.03 Å².